The summed E-state index contributed by atoms with van der Waals surface area (Å²) in [5.41, 5.74) is 0.832. The van der Waals surface area contributed by atoms with Crippen LogP contribution in [-0.4, -0.2) is 97.9 Å². The third kappa shape index (κ3) is 8.89. The molecule has 1 saturated carbocycles. The molecule has 1 unspecified atom stereocenters. The van der Waals surface area contributed by atoms with Gasteiger partial charge in [0.15, 0.2) is 11.4 Å². The summed E-state index contributed by atoms with van der Waals surface area (Å²) in [6.07, 6.45) is -1.65. The van der Waals surface area contributed by atoms with Crippen molar-refractivity contribution in [2.24, 2.45) is 11.8 Å². The minimum absolute atomic E-state index is 0.0368. The van der Waals surface area contributed by atoms with Gasteiger partial charge in [0.05, 0.1) is 46.4 Å². The van der Waals surface area contributed by atoms with Crippen LogP contribution in [0.2, 0.25) is 0 Å². The molecule has 274 valence electrons. The second-order valence-electron chi connectivity index (χ2n) is 14.1. The van der Waals surface area contributed by atoms with Gasteiger partial charge in [0.2, 0.25) is 10.0 Å². The van der Waals surface area contributed by atoms with Gasteiger partial charge < -0.3 is 35.3 Å². The number of carbonyl (C=O) groups is 1. The van der Waals surface area contributed by atoms with E-state index in [4.69, 9.17) is 14.2 Å². The van der Waals surface area contributed by atoms with Crippen LogP contribution in [0, 0.1) is 23.5 Å². The van der Waals surface area contributed by atoms with Crippen molar-refractivity contribution in [2.75, 3.05) is 31.6 Å². The largest absolute Gasteiger partial charge is 0.443 e. The van der Waals surface area contributed by atoms with Crippen LogP contribution < -0.4 is 16.0 Å². The smallest absolute Gasteiger partial charge is 0.407 e. The van der Waals surface area contributed by atoms with Crippen LogP contribution in [0.15, 0.2) is 41.3 Å². The predicted molar refractivity (Wildman–Crippen MR) is 184 cm³/mol. The minimum atomic E-state index is -4.15. The molecule has 50 heavy (non-hydrogen) atoms. The number of fused-ring (bicyclic) bond motifs is 2. The van der Waals surface area contributed by atoms with Crippen LogP contribution in [0.5, 0.6) is 0 Å². The van der Waals surface area contributed by atoms with E-state index in [0.717, 1.165) is 36.2 Å². The maximum absolute atomic E-state index is 14.2. The zero-order valence-corrected chi connectivity index (χ0v) is 30.1. The first kappa shape index (κ1) is 36.8. The van der Waals surface area contributed by atoms with Crippen LogP contribution in [0.25, 0.3) is 10.2 Å². The lowest BCUT2D eigenvalue weighted by molar-refractivity contribution is -0.0908. The number of ether oxygens (including phenoxy) is 3. The highest BCUT2D eigenvalue weighted by Crippen LogP contribution is 2.35. The molecule has 1 aromatic heterocycles. The van der Waals surface area contributed by atoms with Gasteiger partial charge in [-0.25, -0.2) is 27.0 Å². The van der Waals surface area contributed by atoms with Crippen LogP contribution in [-0.2, 0) is 30.7 Å². The lowest BCUT2D eigenvalue weighted by Crippen LogP contribution is -2.52. The fourth-order valence-electron chi connectivity index (χ4n) is 6.49. The van der Waals surface area contributed by atoms with Crippen molar-refractivity contribution in [1.29, 1.82) is 0 Å². The molecule has 2 aromatic carbocycles. The lowest BCUT2D eigenvalue weighted by Gasteiger charge is -2.31. The van der Waals surface area contributed by atoms with Gasteiger partial charge in [-0.05, 0) is 61.1 Å². The second-order valence-corrected chi connectivity index (χ2v) is 17.0. The van der Waals surface area contributed by atoms with Crippen molar-refractivity contribution in [3.63, 3.8) is 0 Å². The summed E-state index contributed by atoms with van der Waals surface area (Å²) < 4.78 is 75.7. The van der Waals surface area contributed by atoms with Gasteiger partial charge in [0.25, 0.3) is 0 Å². The summed E-state index contributed by atoms with van der Waals surface area (Å²) in [6, 6.07) is 6.90. The number of thiazole rings is 1. The molecule has 6 rings (SSSR count). The predicted octanol–water partition coefficient (Wildman–Crippen LogP) is 4.23. The number of aromatic nitrogens is 1. The lowest BCUT2D eigenvalue weighted by atomic mass is 9.97. The van der Waals surface area contributed by atoms with E-state index in [1.807, 2.05) is 27.7 Å². The maximum atomic E-state index is 14.2. The normalized spacial score (nSPS) is 23.5. The summed E-state index contributed by atoms with van der Waals surface area (Å²) in [5.74, 6) is -2.05. The summed E-state index contributed by atoms with van der Waals surface area (Å²) in [6.45, 7) is 7.83. The molecular weight excluding hydrogens is 693 g/mol. The molecule has 0 radical (unpaired) electrons. The Kier molecular flexibility index (Phi) is 11.3. The number of rotatable bonds is 15. The summed E-state index contributed by atoms with van der Waals surface area (Å²) in [4.78, 5) is 18.0. The van der Waals surface area contributed by atoms with E-state index in [0.29, 0.717) is 22.9 Å². The van der Waals surface area contributed by atoms with Gasteiger partial charge in [-0.2, -0.15) is 4.31 Å². The highest BCUT2D eigenvalue weighted by atomic mass is 32.2. The number of nitrogens with zero attached hydrogens (tertiary/aromatic N) is 2. The molecule has 0 bridgehead atoms. The van der Waals surface area contributed by atoms with Gasteiger partial charge in [-0.15, -0.1) is 0 Å². The number of halogens is 2. The average molecular weight is 738 g/mol. The number of carbonyl (C=O) groups excluding carboxylic acids is 1. The molecule has 4 N–H and O–H groups in total. The highest BCUT2D eigenvalue weighted by Gasteiger charge is 2.50. The third-order valence-corrected chi connectivity index (χ3v) is 11.7. The van der Waals surface area contributed by atoms with Crippen LogP contribution >= 0.6 is 11.3 Å². The Bertz CT molecular complexity index is 1750. The van der Waals surface area contributed by atoms with Crippen molar-refractivity contribution in [1.82, 2.24) is 19.9 Å². The molecule has 2 aliphatic heterocycles. The number of nitrogens with one attached hydrogen (secondary N) is 3. The van der Waals surface area contributed by atoms with Crippen molar-refractivity contribution in [3.8, 4) is 0 Å². The molecule has 16 heteroatoms. The Morgan fingerprint density at radius 1 is 1.08 bits per heavy atom. The quantitative estimate of drug-likeness (QED) is 0.179. The van der Waals surface area contributed by atoms with E-state index < -0.39 is 58.8 Å². The van der Waals surface area contributed by atoms with Gasteiger partial charge >= 0.3 is 6.09 Å². The number of hydrogen-bond acceptors (Lipinski definition) is 11. The molecule has 12 nitrogen and oxygen atoms in total. The monoisotopic (exact) mass is 737 g/mol. The summed E-state index contributed by atoms with van der Waals surface area (Å²) in [5, 5.41) is 21.8. The number of hydrogen-bond donors (Lipinski definition) is 4. The number of alkyl carbamates (subject to hydrolysis) is 1. The van der Waals surface area contributed by atoms with Crippen LogP contribution in [0.3, 0.4) is 0 Å². The standard InChI is InChI=1S/C34H45F2N5O7S2/c1-18(2)14-41(50(44,45)24-7-8-25-30(13-24)49-33(39-25)38-23-5-6-23)15-28(42)26(11-20-9-21(35)12-22(36)10-20)40-34(43)48-29-17-47-32-31(29)27(16-46-32)37-19(3)4/h7-10,12-13,18-19,23,26-29,31-32,37,42H,5-6,11,14-17H2,1-4H3,(H,38,39)(H,40,43)/t26-,27?,28+,29-,31-,32+/m0/s1. The summed E-state index contributed by atoms with van der Waals surface area (Å²) >= 11 is 1.37. The Balaban J connectivity index is 1.21. The molecule has 1 aliphatic carbocycles. The molecule has 3 fully saturated rings. The molecule has 0 spiro atoms. The number of aliphatic hydroxyl groups is 1. The number of amides is 1. The molecular formula is C34H45F2N5O7S2. The fraction of sp³-hybridized carbons (Fsp3) is 0.588. The number of sulfonamides is 1. The summed E-state index contributed by atoms with van der Waals surface area (Å²) in [7, 11) is -4.15. The van der Waals surface area contributed by atoms with Gasteiger partial charge in [-0.1, -0.05) is 39.0 Å². The number of anilines is 1. The van der Waals surface area contributed by atoms with E-state index in [1.54, 1.807) is 12.1 Å². The number of aliphatic hydroxyl groups excluding tert-OH is 1. The van der Waals surface area contributed by atoms with Crippen LogP contribution in [0.1, 0.15) is 46.1 Å². The van der Waals surface area contributed by atoms with E-state index >= 15 is 0 Å². The molecule has 2 saturated heterocycles. The van der Waals surface area contributed by atoms with E-state index in [2.05, 4.69) is 20.9 Å². The topological polar surface area (TPSA) is 151 Å². The molecule has 3 aromatic rings. The van der Waals surface area contributed by atoms with Crippen LogP contribution in [0.4, 0.5) is 18.7 Å². The fourth-order valence-corrected chi connectivity index (χ4v) is 9.19. The van der Waals surface area contributed by atoms with Gasteiger partial charge in [0, 0.05) is 37.3 Å². The first-order valence-corrected chi connectivity index (χ1v) is 19.3. The minimum Gasteiger partial charge on any atom is -0.443 e. The van der Waals surface area contributed by atoms with E-state index in [-0.39, 0.29) is 54.0 Å². The highest BCUT2D eigenvalue weighted by molar-refractivity contribution is 7.89. The first-order chi connectivity index (χ1) is 23.7. The Hall–Kier alpha value is -2.99. The Morgan fingerprint density at radius 3 is 2.48 bits per heavy atom. The average Bonchev–Trinajstić information content (AvgIpc) is 3.41. The van der Waals surface area contributed by atoms with Gasteiger partial charge in [-0.3, -0.25) is 0 Å². The molecule has 1 amide bonds. The molecule has 3 aliphatic rings. The Morgan fingerprint density at radius 2 is 1.80 bits per heavy atom. The second kappa shape index (κ2) is 15.3. The van der Waals surface area contributed by atoms with Crippen molar-refractivity contribution in [2.45, 2.75) is 94.5 Å². The molecule has 3 heterocycles. The molecule has 6 atom stereocenters. The van der Waals surface area contributed by atoms with E-state index in [1.165, 1.54) is 21.7 Å². The van der Waals surface area contributed by atoms with Gasteiger partial charge in [0.1, 0.15) is 17.7 Å². The zero-order valence-electron chi connectivity index (χ0n) is 28.5. The van der Waals surface area contributed by atoms with Crippen molar-refractivity contribution < 1.29 is 41.3 Å². The van der Waals surface area contributed by atoms with Crippen molar-refractivity contribution in [3.05, 3.63) is 53.6 Å². The Labute approximate surface area is 294 Å². The SMILES string of the molecule is CC(C)CN(C[C@@H](O)[C@H](Cc1cc(F)cc(F)c1)NC(=O)O[C@H]1CO[C@H]2OCC(NC(C)C)[C@H]21)S(=O)(=O)c1ccc2nc(NC3CC3)sc2c1. The number of benzene rings is 2. The zero-order chi connectivity index (χ0) is 35.7. The first-order valence-electron chi connectivity index (χ1n) is 17.0. The van der Waals surface area contributed by atoms with Crippen molar-refractivity contribution >= 4 is 42.8 Å². The third-order valence-electron chi connectivity index (χ3n) is 8.89. The maximum Gasteiger partial charge on any atom is 0.407 e. The van der Waals surface area contributed by atoms with E-state index in [9.17, 15) is 27.1 Å².